The average Bonchev–Trinajstić information content (AvgIpc) is 2.69. The summed E-state index contributed by atoms with van der Waals surface area (Å²) in [5.41, 5.74) is 2.85. The highest BCUT2D eigenvalue weighted by Gasteiger charge is 2.20. The molecule has 100 valence electrons. The number of hydrogen-bond donors (Lipinski definition) is 0. The molecule has 0 radical (unpaired) electrons. The SMILES string of the molecule is CCc1cc(C(=O)c2c(C)cc(C)cc2F)n(C)n1. The number of hydrogen-bond acceptors (Lipinski definition) is 2. The van der Waals surface area contributed by atoms with Gasteiger partial charge in [-0.25, -0.2) is 4.39 Å². The predicted molar refractivity (Wildman–Crippen MR) is 71.9 cm³/mol. The summed E-state index contributed by atoms with van der Waals surface area (Å²) in [6.45, 7) is 5.53. The smallest absolute Gasteiger partial charge is 0.214 e. The summed E-state index contributed by atoms with van der Waals surface area (Å²) in [7, 11) is 1.70. The van der Waals surface area contributed by atoms with Crippen LogP contribution in [-0.4, -0.2) is 15.6 Å². The lowest BCUT2D eigenvalue weighted by Gasteiger charge is -2.07. The third kappa shape index (κ3) is 2.43. The van der Waals surface area contributed by atoms with Gasteiger partial charge in [0.25, 0.3) is 0 Å². The second-order valence-corrected chi connectivity index (χ2v) is 4.77. The maximum absolute atomic E-state index is 14.0. The first kappa shape index (κ1) is 13.5. The van der Waals surface area contributed by atoms with Crippen LogP contribution in [0.1, 0.15) is 39.8 Å². The van der Waals surface area contributed by atoms with Crippen LogP contribution in [0.25, 0.3) is 0 Å². The lowest BCUT2D eigenvalue weighted by Crippen LogP contribution is -2.12. The van der Waals surface area contributed by atoms with Gasteiger partial charge in [-0.1, -0.05) is 13.0 Å². The van der Waals surface area contributed by atoms with E-state index in [1.807, 2.05) is 19.9 Å². The molecule has 0 spiro atoms. The highest BCUT2D eigenvalue weighted by Crippen LogP contribution is 2.20. The zero-order valence-corrected chi connectivity index (χ0v) is 11.6. The van der Waals surface area contributed by atoms with Crippen molar-refractivity contribution in [1.29, 1.82) is 0 Å². The minimum absolute atomic E-state index is 0.135. The average molecular weight is 260 g/mol. The van der Waals surface area contributed by atoms with Crippen LogP contribution in [0, 0.1) is 19.7 Å². The van der Waals surface area contributed by atoms with Crippen molar-refractivity contribution in [3.05, 3.63) is 52.1 Å². The first-order valence-corrected chi connectivity index (χ1v) is 6.28. The van der Waals surface area contributed by atoms with Crippen molar-refractivity contribution in [3.8, 4) is 0 Å². The molecule has 1 heterocycles. The Morgan fingerprint density at radius 3 is 2.53 bits per heavy atom. The number of carbonyl (C=O) groups excluding carboxylic acids is 1. The highest BCUT2D eigenvalue weighted by atomic mass is 19.1. The number of benzene rings is 1. The summed E-state index contributed by atoms with van der Waals surface area (Å²) in [5.74, 6) is -0.786. The predicted octanol–water partition coefficient (Wildman–Crippen LogP) is 2.97. The van der Waals surface area contributed by atoms with Crippen LogP contribution in [-0.2, 0) is 13.5 Å². The topological polar surface area (TPSA) is 34.9 Å². The normalized spacial score (nSPS) is 10.8. The van der Waals surface area contributed by atoms with Gasteiger partial charge in [-0.3, -0.25) is 9.48 Å². The first-order chi connectivity index (χ1) is 8.93. The van der Waals surface area contributed by atoms with Crippen molar-refractivity contribution in [2.75, 3.05) is 0 Å². The van der Waals surface area contributed by atoms with Crippen molar-refractivity contribution < 1.29 is 9.18 Å². The van der Waals surface area contributed by atoms with Crippen LogP contribution in [0.5, 0.6) is 0 Å². The van der Waals surface area contributed by atoms with Crippen LogP contribution < -0.4 is 0 Å². The van der Waals surface area contributed by atoms with E-state index in [1.165, 1.54) is 10.7 Å². The Morgan fingerprint density at radius 1 is 1.32 bits per heavy atom. The van der Waals surface area contributed by atoms with Crippen LogP contribution in [0.3, 0.4) is 0 Å². The number of ketones is 1. The van der Waals surface area contributed by atoms with E-state index in [2.05, 4.69) is 5.10 Å². The van der Waals surface area contributed by atoms with Gasteiger partial charge in [0.1, 0.15) is 11.5 Å². The molecule has 0 saturated carbocycles. The molecule has 2 aromatic rings. The molecule has 3 nitrogen and oxygen atoms in total. The molecule has 0 amide bonds. The molecule has 0 atom stereocenters. The van der Waals surface area contributed by atoms with E-state index in [4.69, 9.17) is 0 Å². The summed E-state index contributed by atoms with van der Waals surface area (Å²) < 4.78 is 15.5. The maximum atomic E-state index is 14.0. The number of halogens is 1. The molecule has 4 heteroatoms. The van der Waals surface area contributed by atoms with Gasteiger partial charge in [0.05, 0.1) is 11.3 Å². The van der Waals surface area contributed by atoms with E-state index in [1.54, 1.807) is 20.0 Å². The number of nitrogens with zero attached hydrogens (tertiary/aromatic N) is 2. The maximum Gasteiger partial charge on any atom is 0.214 e. The van der Waals surface area contributed by atoms with Crippen molar-refractivity contribution in [2.24, 2.45) is 7.05 Å². The summed E-state index contributed by atoms with van der Waals surface area (Å²) in [6, 6.07) is 4.92. The monoisotopic (exact) mass is 260 g/mol. The molecule has 1 aromatic heterocycles. The van der Waals surface area contributed by atoms with Crippen LogP contribution in [0.15, 0.2) is 18.2 Å². The van der Waals surface area contributed by atoms with E-state index in [9.17, 15) is 9.18 Å². The van der Waals surface area contributed by atoms with Crippen molar-refractivity contribution in [2.45, 2.75) is 27.2 Å². The Bertz CT molecular complexity index is 621. The van der Waals surface area contributed by atoms with Crippen LogP contribution >= 0.6 is 0 Å². The largest absolute Gasteiger partial charge is 0.287 e. The quantitative estimate of drug-likeness (QED) is 0.795. The van der Waals surface area contributed by atoms with E-state index < -0.39 is 5.82 Å². The summed E-state index contributed by atoms with van der Waals surface area (Å²) in [6.07, 6.45) is 0.747. The Hall–Kier alpha value is -1.97. The van der Waals surface area contributed by atoms with Gasteiger partial charge in [0, 0.05) is 7.05 Å². The highest BCUT2D eigenvalue weighted by molar-refractivity contribution is 6.09. The van der Waals surface area contributed by atoms with Crippen LogP contribution in [0.4, 0.5) is 4.39 Å². The van der Waals surface area contributed by atoms with E-state index >= 15 is 0 Å². The summed E-state index contributed by atoms with van der Waals surface area (Å²) >= 11 is 0. The molecule has 0 unspecified atom stereocenters. The number of rotatable bonds is 3. The molecule has 0 aliphatic heterocycles. The Balaban J connectivity index is 2.53. The molecule has 0 bridgehead atoms. The third-order valence-corrected chi connectivity index (χ3v) is 3.18. The summed E-state index contributed by atoms with van der Waals surface area (Å²) in [5, 5.41) is 4.23. The van der Waals surface area contributed by atoms with Crippen molar-refractivity contribution >= 4 is 5.78 Å². The lowest BCUT2D eigenvalue weighted by molar-refractivity contribution is 0.102. The number of aromatic nitrogens is 2. The Labute approximate surface area is 112 Å². The van der Waals surface area contributed by atoms with Gasteiger partial charge >= 0.3 is 0 Å². The minimum Gasteiger partial charge on any atom is -0.287 e. The van der Waals surface area contributed by atoms with Gasteiger partial charge in [0.2, 0.25) is 5.78 Å². The van der Waals surface area contributed by atoms with Crippen molar-refractivity contribution in [1.82, 2.24) is 9.78 Å². The number of carbonyl (C=O) groups is 1. The standard InChI is InChI=1S/C15H17FN2O/c1-5-11-8-13(18(4)17-11)15(19)14-10(3)6-9(2)7-12(14)16/h6-8H,5H2,1-4H3. The third-order valence-electron chi connectivity index (χ3n) is 3.18. The zero-order valence-electron chi connectivity index (χ0n) is 11.6. The molecule has 19 heavy (non-hydrogen) atoms. The van der Waals surface area contributed by atoms with E-state index in [0.29, 0.717) is 11.3 Å². The van der Waals surface area contributed by atoms with Crippen LogP contribution in [0.2, 0.25) is 0 Å². The van der Waals surface area contributed by atoms with Gasteiger partial charge in [-0.2, -0.15) is 5.10 Å². The molecule has 0 aliphatic carbocycles. The molecule has 0 N–H and O–H groups in total. The van der Waals surface area contributed by atoms with Gasteiger partial charge in [-0.15, -0.1) is 0 Å². The zero-order chi connectivity index (χ0) is 14.2. The molecule has 0 aliphatic rings. The molecular formula is C15H17FN2O. The van der Waals surface area contributed by atoms with Crippen molar-refractivity contribution in [3.63, 3.8) is 0 Å². The fourth-order valence-electron chi connectivity index (χ4n) is 2.24. The number of aryl methyl sites for hydroxylation is 4. The second kappa shape index (κ2) is 4.96. The molecular weight excluding hydrogens is 243 g/mol. The fraction of sp³-hybridized carbons (Fsp3) is 0.333. The Morgan fingerprint density at radius 2 is 2.00 bits per heavy atom. The molecule has 1 aromatic carbocycles. The van der Waals surface area contributed by atoms with E-state index in [0.717, 1.165) is 17.7 Å². The Kier molecular flexibility index (Phi) is 3.51. The first-order valence-electron chi connectivity index (χ1n) is 6.28. The summed E-state index contributed by atoms with van der Waals surface area (Å²) in [4.78, 5) is 12.4. The van der Waals surface area contributed by atoms with Gasteiger partial charge in [-0.05, 0) is 43.5 Å². The molecule has 0 fully saturated rings. The molecule has 2 rings (SSSR count). The lowest BCUT2D eigenvalue weighted by atomic mass is 9.99. The molecule has 0 saturated heterocycles. The second-order valence-electron chi connectivity index (χ2n) is 4.77. The minimum atomic E-state index is -0.471. The fourth-order valence-corrected chi connectivity index (χ4v) is 2.24. The van der Waals surface area contributed by atoms with E-state index in [-0.39, 0.29) is 11.3 Å². The van der Waals surface area contributed by atoms with Gasteiger partial charge in [0.15, 0.2) is 0 Å². The van der Waals surface area contributed by atoms with Gasteiger partial charge < -0.3 is 0 Å².